The second kappa shape index (κ2) is 7.35. The Bertz CT molecular complexity index is 564. The summed E-state index contributed by atoms with van der Waals surface area (Å²) in [6, 6.07) is 5.11. The third-order valence-corrected chi connectivity index (χ3v) is 3.95. The van der Waals surface area contributed by atoms with Crippen LogP contribution in [0.2, 0.25) is 5.02 Å². The molecule has 7 heteroatoms. The molecule has 1 saturated heterocycles. The molecule has 1 amide bonds. The Morgan fingerprint density at radius 3 is 2.95 bits per heavy atom. The summed E-state index contributed by atoms with van der Waals surface area (Å²) in [5.41, 5.74) is 0.634. The summed E-state index contributed by atoms with van der Waals surface area (Å²) in [5, 5.41) is 12.6. The number of piperidine rings is 1. The summed E-state index contributed by atoms with van der Waals surface area (Å²) in [4.78, 5) is 24.8. The maximum absolute atomic E-state index is 12.2. The lowest BCUT2D eigenvalue weighted by Crippen LogP contribution is -2.44. The molecule has 22 heavy (non-hydrogen) atoms. The summed E-state index contributed by atoms with van der Waals surface area (Å²) in [7, 11) is 1.54. The zero-order chi connectivity index (χ0) is 16.1. The summed E-state index contributed by atoms with van der Waals surface area (Å²) < 4.78 is 5.20. The quantitative estimate of drug-likeness (QED) is 0.866. The molecule has 0 spiro atoms. The highest BCUT2D eigenvalue weighted by Crippen LogP contribution is 2.27. The highest BCUT2D eigenvalue weighted by molar-refractivity contribution is 6.30. The van der Waals surface area contributed by atoms with Gasteiger partial charge in [-0.25, -0.2) is 0 Å². The molecule has 1 unspecified atom stereocenters. The van der Waals surface area contributed by atoms with Gasteiger partial charge in [-0.3, -0.25) is 9.59 Å². The van der Waals surface area contributed by atoms with Crippen LogP contribution >= 0.6 is 11.6 Å². The first-order chi connectivity index (χ1) is 10.5. The van der Waals surface area contributed by atoms with Crippen LogP contribution in [0.25, 0.3) is 0 Å². The predicted octanol–water partition coefficient (Wildman–Crippen LogP) is 2.08. The van der Waals surface area contributed by atoms with Gasteiger partial charge >= 0.3 is 5.97 Å². The number of halogens is 1. The molecule has 1 aromatic rings. The molecule has 1 fully saturated rings. The number of hydrogen-bond donors (Lipinski definition) is 2. The van der Waals surface area contributed by atoms with Crippen molar-refractivity contribution < 1.29 is 19.4 Å². The Balaban J connectivity index is 1.95. The SMILES string of the molecule is COc1ccc(Cl)cc1NCC(=O)N1CCCC(C(=O)O)C1. The minimum Gasteiger partial charge on any atom is -0.495 e. The largest absolute Gasteiger partial charge is 0.495 e. The van der Waals surface area contributed by atoms with Gasteiger partial charge in [0.1, 0.15) is 5.75 Å². The average molecular weight is 327 g/mol. The van der Waals surface area contributed by atoms with Crippen LogP contribution in [0, 0.1) is 5.92 Å². The first-order valence-electron chi connectivity index (χ1n) is 7.09. The van der Waals surface area contributed by atoms with Crippen molar-refractivity contribution in [2.45, 2.75) is 12.8 Å². The summed E-state index contributed by atoms with van der Waals surface area (Å²) in [5.74, 6) is -0.854. The van der Waals surface area contributed by atoms with Crippen molar-refractivity contribution in [2.24, 2.45) is 5.92 Å². The number of amides is 1. The lowest BCUT2D eigenvalue weighted by molar-refractivity contribution is -0.145. The zero-order valence-electron chi connectivity index (χ0n) is 12.3. The van der Waals surface area contributed by atoms with E-state index in [2.05, 4.69) is 5.32 Å². The first kappa shape index (κ1) is 16.4. The standard InChI is InChI=1S/C15H19ClN2O4/c1-22-13-5-4-11(16)7-12(13)17-8-14(19)18-6-2-3-10(9-18)15(20)21/h4-5,7,10,17H,2-3,6,8-9H2,1H3,(H,20,21). The van der Waals surface area contributed by atoms with E-state index in [0.29, 0.717) is 35.8 Å². The van der Waals surface area contributed by atoms with Crippen molar-refractivity contribution >= 4 is 29.2 Å². The number of rotatable bonds is 5. The van der Waals surface area contributed by atoms with Gasteiger partial charge in [0, 0.05) is 18.1 Å². The van der Waals surface area contributed by atoms with Crippen LogP contribution in [-0.2, 0) is 9.59 Å². The summed E-state index contributed by atoms with van der Waals surface area (Å²) >= 11 is 5.94. The van der Waals surface area contributed by atoms with E-state index in [1.807, 2.05) is 0 Å². The number of nitrogens with one attached hydrogen (secondary N) is 1. The topological polar surface area (TPSA) is 78.9 Å². The molecule has 0 aliphatic carbocycles. The molecule has 0 bridgehead atoms. The van der Waals surface area contributed by atoms with Crippen LogP contribution in [0.15, 0.2) is 18.2 Å². The molecule has 0 saturated carbocycles. The third kappa shape index (κ3) is 4.04. The number of ether oxygens (including phenoxy) is 1. The van der Waals surface area contributed by atoms with E-state index >= 15 is 0 Å². The van der Waals surface area contributed by atoms with Crippen molar-refractivity contribution in [3.8, 4) is 5.75 Å². The Morgan fingerprint density at radius 2 is 2.27 bits per heavy atom. The maximum Gasteiger partial charge on any atom is 0.308 e. The number of carbonyl (C=O) groups excluding carboxylic acids is 1. The molecule has 1 atom stereocenters. The molecule has 1 aliphatic rings. The van der Waals surface area contributed by atoms with Crippen LogP contribution in [0.4, 0.5) is 5.69 Å². The smallest absolute Gasteiger partial charge is 0.308 e. The number of likely N-dealkylation sites (tertiary alicyclic amines) is 1. The van der Waals surface area contributed by atoms with Crippen molar-refractivity contribution in [3.05, 3.63) is 23.2 Å². The van der Waals surface area contributed by atoms with Gasteiger partial charge in [-0.2, -0.15) is 0 Å². The predicted molar refractivity (Wildman–Crippen MR) is 83.4 cm³/mol. The van der Waals surface area contributed by atoms with Crippen molar-refractivity contribution in [1.82, 2.24) is 4.90 Å². The zero-order valence-corrected chi connectivity index (χ0v) is 13.1. The highest BCUT2D eigenvalue weighted by Gasteiger charge is 2.27. The lowest BCUT2D eigenvalue weighted by atomic mass is 9.98. The number of carboxylic acid groups (broad SMARTS) is 1. The van der Waals surface area contributed by atoms with Crippen molar-refractivity contribution in [3.63, 3.8) is 0 Å². The number of nitrogens with zero attached hydrogens (tertiary/aromatic N) is 1. The fraction of sp³-hybridized carbons (Fsp3) is 0.467. The van der Waals surface area contributed by atoms with E-state index in [0.717, 1.165) is 0 Å². The Hall–Kier alpha value is -1.95. The molecule has 6 nitrogen and oxygen atoms in total. The van der Waals surface area contributed by atoms with Gasteiger partial charge in [-0.1, -0.05) is 11.6 Å². The molecule has 2 rings (SSSR count). The fourth-order valence-electron chi connectivity index (χ4n) is 2.51. The van der Waals surface area contributed by atoms with Gasteiger partial charge in [-0.15, -0.1) is 0 Å². The number of methoxy groups -OCH3 is 1. The summed E-state index contributed by atoms with van der Waals surface area (Å²) in [6.07, 6.45) is 1.33. The van der Waals surface area contributed by atoms with E-state index in [1.54, 1.807) is 30.2 Å². The van der Waals surface area contributed by atoms with Gasteiger partial charge in [-0.05, 0) is 31.0 Å². The number of benzene rings is 1. The second-order valence-corrected chi connectivity index (χ2v) is 5.65. The molecular weight excluding hydrogens is 308 g/mol. The van der Waals surface area contributed by atoms with E-state index in [-0.39, 0.29) is 19.0 Å². The van der Waals surface area contributed by atoms with E-state index in [9.17, 15) is 9.59 Å². The molecule has 1 aliphatic heterocycles. The first-order valence-corrected chi connectivity index (χ1v) is 7.47. The molecule has 120 valence electrons. The van der Waals surface area contributed by atoms with Crippen LogP contribution in [0.3, 0.4) is 0 Å². The molecular formula is C15H19ClN2O4. The van der Waals surface area contributed by atoms with Gasteiger partial charge in [0.25, 0.3) is 0 Å². The molecule has 1 heterocycles. The van der Waals surface area contributed by atoms with Crippen LogP contribution < -0.4 is 10.1 Å². The molecule has 2 N–H and O–H groups in total. The van der Waals surface area contributed by atoms with Crippen LogP contribution in [-0.4, -0.2) is 48.6 Å². The van der Waals surface area contributed by atoms with Gasteiger partial charge < -0.3 is 20.1 Å². The minimum absolute atomic E-state index is 0.0725. The van der Waals surface area contributed by atoms with Gasteiger partial charge in [0.2, 0.25) is 5.91 Å². The van der Waals surface area contributed by atoms with E-state index < -0.39 is 11.9 Å². The third-order valence-electron chi connectivity index (χ3n) is 3.71. The second-order valence-electron chi connectivity index (χ2n) is 5.22. The highest BCUT2D eigenvalue weighted by atomic mass is 35.5. The minimum atomic E-state index is -0.845. The van der Waals surface area contributed by atoms with Gasteiger partial charge in [0.15, 0.2) is 0 Å². The van der Waals surface area contributed by atoms with Crippen molar-refractivity contribution in [1.29, 1.82) is 0 Å². The molecule has 0 aromatic heterocycles. The number of anilines is 1. The molecule has 1 aromatic carbocycles. The number of carbonyl (C=O) groups is 2. The number of hydrogen-bond acceptors (Lipinski definition) is 4. The van der Waals surface area contributed by atoms with E-state index in [4.69, 9.17) is 21.4 Å². The Labute approximate surface area is 134 Å². The van der Waals surface area contributed by atoms with E-state index in [1.165, 1.54) is 0 Å². The van der Waals surface area contributed by atoms with Crippen LogP contribution in [0.5, 0.6) is 5.75 Å². The Morgan fingerprint density at radius 1 is 1.50 bits per heavy atom. The van der Waals surface area contributed by atoms with Gasteiger partial charge in [0.05, 0.1) is 25.3 Å². The fourth-order valence-corrected chi connectivity index (χ4v) is 2.68. The Kier molecular flexibility index (Phi) is 5.49. The normalized spacial score (nSPS) is 17.9. The van der Waals surface area contributed by atoms with Crippen LogP contribution in [0.1, 0.15) is 12.8 Å². The average Bonchev–Trinajstić information content (AvgIpc) is 2.52. The number of aliphatic carboxylic acids is 1. The van der Waals surface area contributed by atoms with Crippen molar-refractivity contribution in [2.75, 3.05) is 32.1 Å². The lowest BCUT2D eigenvalue weighted by Gasteiger charge is -2.31. The number of carboxylic acids is 1. The summed E-state index contributed by atoms with van der Waals surface area (Å²) in [6.45, 7) is 0.933. The maximum atomic E-state index is 12.2. The molecule has 0 radical (unpaired) electrons. The monoisotopic (exact) mass is 326 g/mol.